The fourth-order valence-electron chi connectivity index (χ4n) is 1.35. The van der Waals surface area contributed by atoms with Crippen LogP contribution in [-0.4, -0.2) is 14.3 Å². The van der Waals surface area contributed by atoms with E-state index < -0.39 is 0 Å². The number of nitrogens with zero attached hydrogens (tertiary/aromatic N) is 3. The van der Waals surface area contributed by atoms with E-state index in [2.05, 4.69) is 37.0 Å². The van der Waals surface area contributed by atoms with E-state index in [0.717, 1.165) is 8.95 Å². The number of hydrogen-bond acceptors (Lipinski definition) is 2. The molecule has 2 heterocycles. The van der Waals surface area contributed by atoms with Crippen molar-refractivity contribution in [3.8, 4) is 0 Å². The summed E-state index contributed by atoms with van der Waals surface area (Å²) in [6.07, 6.45) is 5.38. The first kappa shape index (κ1) is 11.6. The third-order valence-corrected chi connectivity index (χ3v) is 3.00. The Labute approximate surface area is 109 Å². The van der Waals surface area contributed by atoms with Crippen LogP contribution in [0.4, 0.5) is 0 Å². The second-order valence-corrected chi connectivity index (χ2v) is 5.13. The molecular weight excluding hydrogens is 338 g/mol. The lowest BCUT2D eigenvalue weighted by molar-refractivity contribution is 0.523. The van der Waals surface area contributed by atoms with E-state index in [0.29, 0.717) is 13.1 Å². The minimum absolute atomic E-state index is 0.00516. The van der Waals surface area contributed by atoms with Gasteiger partial charge in [-0.2, -0.15) is 5.10 Å². The Kier molecular flexibility index (Phi) is 3.60. The van der Waals surface area contributed by atoms with E-state index in [9.17, 15) is 4.79 Å². The van der Waals surface area contributed by atoms with Gasteiger partial charge in [0.1, 0.15) is 0 Å². The zero-order valence-corrected chi connectivity index (χ0v) is 11.5. The molecule has 0 amide bonds. The second kappa shape index (κ2) is 4.97. The molecule has 0 radical (unpaired) electrons. The molecule has 0 unspecified atom stereocenters. The van der Waals surface area contributed by atoms with Crippen LogP contribution in [0.2, 0.25) is 0 Å². The third-order valence-electron chi connectivity index (χ3n) is 2.12. The predicted molar refractivity (Wildman–Crippen MR) is 68.3 cm³/mol. The molecule has 2 aromatic heterocycles. The minimum Gasteiger partial charge on any atom is -0.313 e. The molecule has 16 heavy (non-hydrogen) atoms. The molecule has 2 rings (SSSR count). The fraction of sp³-hybridized carbons (Fsp3) is 0.200. The van der Waals surface area contributed by atoms with Crippen LogP contribution in [-0.2, 0) is 13.1 Å². The van der Waals surface area contributed by atoms with E-state index in [1.54, 1.807) is 33.8 Å². The normalized spacial score (nSPS) is 10.6. The summed E-state index contributed by atoms with van der Waals surface area (Å²) < 4.78 is 5.28. The lowest BCUT2D eigenvalue weighted by atomic mass is 10.4. The number of hydrogen-bond donors (Lipinski definition) is 0. The second-order valence-electron chi connectivity index (χ2n) is 3.30. The van der Waals surface area contributed by atoms with Gasteiger partial charge in [0.25, 0.3) is 5.56 Å². The molecule has 4 nitrogen and oxygen atoms in total. The first-order chi connectivity index (χ1) is 7.65. The highest BCUT2D eigenvalue weighted by Crippen LogP contribution is 2.07. The lowest BCUT2D eigenvalue weighted by Crippen LogP contribution is -2.21. The van der Waals surface area contributed by atoms with Crippen LogP contribution in [0.1, 0.15) is 0 Å². The molecule has 0 aromatic carbocycles. The highest BCUT2D eigenvalue weighted by atomic mass is 79.9. The van der Waals surface area contributed by atoms with E-state index in [1.807, 2.05) is 6.20 Å². The van der Waals surface area contributed by atoms with Crippen molar-refractivity contribution in [2.45, 2.75) is 13.1 Å². The van der Waals surface area contributed by atoms with Crippen molar-refractivity contribution in [2.75, 3.05) is 0 Å². The van der Waals surface area contributed by atoms with Gasteiger partial charge in [-0.15, -0.1) is 0 Å². The van der Waals surface area contributed by atoms with Crippen molar-refractivity contribution >= 4 is 31.9 Å². The van der Waals surface area contributed by atoms with E-state index in [-0.39, 0.29) is 5.56 Å². The van der Waals surface area contributed by atoms with Crippen molar-refractivity contribution in [1.82, 2.24) is 14.3 Å². The van der Waals surface area contributed by atoms with Gasteiger partial charge in [0, 0.05) is 29.5 Å². The molecule has 0 spiro atoms. The molecule has 2 aromatic rings. The third kappa shape index (κ3) is 2.82. The molecular formula is C10H9Br2N3O. The maximum absolute atomic E-state index is 11.5. The van der Waals surface area contributed by atoms with Crippen LogP contribution in [0.25, 0.3) is 0 Å². The van der Waals surface area contributed by atoms with Gasteiger partial charge in [0.15, 0.2) is 0 Å². The number of aromatic nitrogens is 3. The molecule has 6 heteroatoms. The van der Waals surface area contributed by atoms with Gasteiger partial charge < -0.3 is 4.57 Å². The first-order valence-electron chi connectivity index (χ1n) is 4.69. The van der Waals surface area contributed by atoms with Gasteiger partial charge in [0.05, 0.1) is 17.2 Å². The molecule has 0 bridgehead atoms. The molecule has 0 saturated carbocycles. The molecule has 0 saturated heterocycles. The van der Waals surface area contributed by atoms with E-state index in [4.69, 9.17) is 0 Å². The minimum atomic E-state index is -0.00516. The zero-order chi connectivity index (χ0) is 11.5. The van der Waals surface area contributed by atoms with Gasteiger partial charge in [-0.05, 0) is 37.9 Å². The molecule has 0 N–H and O–H groups in total. The summed E-state index contributed by atoms with van der Waals surface area (Å²) in [5.41, 5.74) is -0.00516. The fourth-order valence-corrected chi connectivity index (χ4v) is 2.05. The van der Waals surface area contributed by atoms with Gasteiger partial charge in [-0.1, -0.05) is 0 Å². The standard InChI is InChI=1S/C10H9Br2N3O/c11-8-1-2-10(16)14(6-8)3-4-15-7-9(12)5-13-15/h1-2,5-7H,3-4H2. The van der Waals surface area contributed by atoms with Gasteiger partial charge in [0.2, 0.25) is 0 Å². The number of aryl methyl sites for hydroxylation is 2. The molecule has 0 aliphatic carbocycles. The monoisotopic (exact) mass is 345 g/mol. The molecule has 0 fully saturated rings. The SMILES string of the molecule is O=c1ccc(Br)cn1CCn1cc(Br)cn1. The van der Waals surface area contributed by atoms with Crippen molar-refractivity contribution in [3.63, 3.8) is 0 Å². The zero-order valence-electron chi connectivity index (χ0n) is 8.31. The number of halogens is 2. The average Bonchev–Trinajstić information content (AvgIpc) is 2.66. The highest BCUT2D eigenvalue weighted by Gasteiger charge is 1.99. The maximum atomic E-state index is 11.5. The van der Waals surface area contributed by atoms with Crippen molar-refractivity contribution in [3.05, 3.63) is 50.0 Å². The van der Waals surface area contributed by atoms with Crippen LogP contribution in [0.15, 0.2) is 44.5 Å². The summed E-state index contributed by atoms with van der Waals surface area (Å²) in [5, 5.41) is 4.13. The van der Waals surface area contributed by atoms with Crippen LogP contribution in [0.5, 0.6) is 0 Å². The Balaban J connectivity index is 2.10. The van der Waals surface area contributed by atoms with Gasteiger partial charge in [-0.3, -0.25) is 9.48 Å². The summed E-state index contributed by atoms with van der Waals surface area (Å²) in [6, 6.07) is 3.28. The van der Waals surface area contributed by atoms with E-state index in [1.165, 1.54) is 0 Å². The Morgan fingerprint density at radius 2 is 1.94 bits per heavy atom. The quantitative estimate of drug-likeness (QED) is 0.855. The van der Waals surface area contributed by atoms with Crippen LogP contribution in [0.3, 0.4) is 0 Å². The molecule has 84 valence electrons. The first-order valence-corrected chi connectivity index (χ1v) is 6.28. The number of rotatable bonds is 3. The van der Waals surface area contributed by atoms with Crippen LogP contribution < -0.4 is 5.56 Å². The summed E-state index contributed by atoms with van der Waals surface area (Å²) in [6.45, 7) is 1.27. The average molecular weight is 347 g/mol. The van der Waals surface area contributed by atoms with Gasteiger partial charge >= 0.3 is 0 Å². The Bertz CT molecular complexity index is 547. The largest absolute Gasteiger partial charge is 0.313 e. The summed E-state index contributed by atoms with van der Waals surface area (Å²) >= 11 is 6.66. The molecule has 0 atom stereocenters. The topological polar surface area (TPSA) is 39.8 Å². The van der Waals surface area contributed by atoms with Crippen LogP contribution in [0, 0.1) is 0 Å². The Morgan fingerprint density at radius 3 is 2.62 bits per heavy atom. The summed E-state index contributed by atoms with van der Waals surface area (Å²) in [7, 11) is 0. The smallest absolute Gasteiger partial charge is 0.250 e. The van der Waals surface area contributed by atoms with Gasteiger partial charge in [-0.25, -0.2) is 0 Å². The highest BCUT2D eigenvalue weighted by molar-refractivity contribution is 9.10. The molecule has 0 aliphatic heterocycles. The summed E-state index contributed by atoms with van der Waals surface area (Å²) in [4.78, 5) is 11.5. The number of pyridine rings is 1. The predicted octanol–water partition coefficient (Wildman–Crippen LogP) is 2.27. The van der Waals surface area contributed by atoms with Crippen molar-refractivity contribution < 1.29 is 0 Å². The Hall–Kier alpha value is -0.880. The molecule has 0 aliphatic rings. The van der Waals surface area contributed by atoms with Crippen LogP contribution >= 0.6 is 31.9 Å². The lowest BCUT2D eigenvalue weighted by Gasteiger charge is -2.05. The maximum Gasteiger partial charge on any atom is 0.250 e. The van der Waals surface area contributed by atoms with E-state index >= 15 is 0 Å². The van der Waals surface area contributed by atoms with Crippen molar-refractivity contribution in [2.24, 2.45) is 0 Å². The Morgan fingerprint density at radius 1 is 1.12 bits per heavy atom. The van der Waals surface area contributed by atoms with Crippen molar-refractivity contribution in [1.29, 1.82) is 0 Å². The summed E-state index contributed by atoms with van der Waals surface area (Å²) in [5.74, 6) is 0.